The van der Waals surface area contributed by atoms with Gasteiger partial charge in [-0.1, -0.05) is 37.9 Å². The molecule has 1 saturated carbocycles. The molecule has 4 heteroatoms. The molecule has 0 radical (unpaired) electrons. The number of hydrogen-bond acceptors (Lipinski definition) is 3. The summed E-state index contributed by atoms with van der Waals surface area (Å²) in [5.41, 5.74) is 3.64. The molecule has 132 valence electrons. The number of carbonyl (C=O) groups is 1. The number of carbonyl (C=O) groups excluding carboxylic acids is 1. The van der Waals surface area contributed by atoms with Crippen molar-refractivity contribution in [2.75, 3.05) is 13.7 Å². The lowest BCUT2D eigenvalue weighted by Crippen LogP contribution is -2.46. The van der Waals surface area contributed by atoms with Gasteiger partial charge in [-0.05, 0) is 59.8 Å². The van der Waals surface area contributed by atoms with Gasteiger partial charge in [-0.3, -0.25) is 4.79 Å². The zero-order valence-electron chi connectivity index (χ0n) is 14.8. The van der Waals surface area contributed by atoms with E-state index in [4.69, 9.17) is 16.3 Å². The fourth-order valence-corrected chi connectivity index (χ4v) is 5.32. The lowest BCUT2D eigenvalue weighted by Gasteiger charge is -2.49. The summed E-state index contributed by atoms with van der Waals surface area (Å²) in [6.45, 7) is 4.38. The molecule has 0 amide bonds. The Bertz CT molecular complexity index is 642. The van der Waals surface area contributed by atoms with Crippen LogP contribution >= 0.6 is 11.6 Å². The molecule has 1 fully saturated rings. The van der Waals surface area contributed by atoms with Gasteiger partial charge in [0.05, 0.1) is 13.0 Å². The van der Waals surface area contributed by atoms with Crippen LogP contribution in [0.4, 0.5) is 0 Å². The molecule has 4 unspecified atom stereocenters. The van der Waals surface area contributed by atoms with Crippen LogP contribution < -0.4 is 0 Å². The van der Waals surface area contributed by atoms with Crippen LogP contribution in [0.5, 0.6) is 0 Å². The molecule has 0 saturated heterocycles. The smallest absolute Gasteiger partial charge is 0.308 e. The van der Waals surface area contributed by atoms with Crippen LogP contribution in [-0.2, 0) is 21.4 Å². The van der Waals surface area contributed by atoms with E-state index in [1.165, 1.54) is 18.2 Å². The van der Waals surface area contributed by atoms with Crippen molar-refractivity contribution >= 4 is 17.6 Å². The van der Waals surface area contributed by atoms with Gasteiger partial charge in [0.25, 0.3) is 0 Å². The minimum Gasteiger partial charge on any atom is -0.469 e. The van der Waals surface area contributed by atoms with Crippen molar-refractivity contribution in [3.05, 3.63) is 33.8 Å². The Labute approximate surface area is 149 Å². The molecule has 0 aliphatic heterocycles. The average molecular weight is 351 g/mol. The topological polar surface area (TPSA) is 46.5 Å². The molecular formula is C20H27ClO3. The first kappa shape index (κ1) is 17.8. The van der Waals surface area contributed by atoms with Crippen LogP contribution in [0.3, 0.4) is 0 Å². The third-order valence-electron chi connectivity index (χ3n) is 6.39. The van der Waals surface area contributed by atoms with E-state index in [1.54, 1.807) is 0 Å². The Morgan fingerprint density at radius 2 is 2.21 bits per heavy atom. The zero-order valence-corrected chi connectivity index (χ0v) is 15.5. The number of benzene rings is 1. The van der Waals surface area contributed by atoms with Gasteiger partial charge in [0.2, 0.25) is 0 Å². The summed E-state index contributed by atoms with van der Waals surface area (Å²) in [5.74, 6) is 0.300. The van der Waals surface area contributed by atoms with Crippen LogP contribution in [0.25, 0.3) is 0 Å². The van der Waals surface area contributed by atoms with E-state index in [0.717, 1.165) is 42.7 Å². The number of rotatable bonds is 3. The highest BCUT2D eigenvalue weighted by molar-refractivity contribution is 6.31. The normalized spacial score (nSPS) is 30.2. The predicted octanol–water partition coefficient (Wildman–Crippen LogP) is 4.23. The Morgan fingerprint density at radius 3 is 2.88 bits per heavy atom. The summed E-state index contributed by atoms with van der Waals surface area (Å²) >= 11 is 6.55. The van der Waals surface area contributed by atoms with Crippen molar-refractivity contribution < 1.29 is 14.6 Å². The Kier molecular flexibility index (Phi) is 4.94. The molecule has 0 spiro atoms. The Hall–Kier alpha value is -1.06. The molecule has 4 atom stereocenters. The summed E-state index contributed by atoms with van der Waals surface area (Å²) in [6, 6.07) is 4.28. The molecule has 0 aromatic heterocycles. The minimum atomic E-state index is -0.0639. The molecule has 0 heterocycles. The van der Waals surface area contributed by atoms with Crippen LogP contribution in [0.15, 0.2) is 12.1 Å². The highest BCUT2D eigenvalue weighted by Crippen LogP contribution is 2.53. The maximum atomic E-state index is 12.2. The number of esters is 1. The molecular weight excluding hydrogens is 324 g/mol. The molecule has 1 aromatic carbocycles. The van der Waals surface area contributed by atoms with Crippen molar-refractivity contribution in [2.24, 2.45) is 11.8 Å². The maximum Gasteiger partial charge on any atom is 0.308 e. The number of hydrogen-bond donors (Lipinski definition) is 1. The number of halogens is 1. The second kappa shape index (κ2) is 6.68. The van der Waals surface area contributed by atoms with E-state index in [9.17, 15) is 9.90 Å². The monoisotopic (exact) mass is 350 g/mol. The highest BCUT2D eigenvalue weighted by atomic mass is 35.5. The first-order chi connectivity index (χ1) is 11.4. The van der Waals surface area contributed by atoms with Gasteiger partial charge in [0, 0.05) is 17.5 Å². The SMILES string of the molecule is COC(=O)C1CCCC2(C)c3cc(Cl)c(C(C)CO)cc3CCC12. The highest BCUT2D eigenvalue weighted by Gasteiger charge is 2.49. The van der Waals surface area contributed by atoms with Crippen molar-refractivity contribution in [2.45, 2.75) is 57.3 Å². The van der Waals surface area contributed by atoms with E-state index in [2.05, 4.69) is 19.1 Å². The number of fused-ring (bicyclic) bond motifs is 3. The number of aryl methyl sites for hydroxylation is 1. The predicted molar refractivity (Wildman–Crippen MR) is 95.5 cm³/mol. The molecule has 3 nitrogen and oxygen atoms in total. The van der Waals surface area contributed by atoms with Gasteiger partial charge >= 0.3 is 5.97 Å². The summed E-state index contributed by atoms with van der Waals surface area (Å²) in [4.78, 5) is 12.2. The number of aliphatic hydroxyl groups excluding tert-OH is 1. The lowest BCUT2D eigenvalue weighted by atomic mass is 9.54. The summed E-state index contributed by atoms with van der Waals surface area (Å²) in [5, 5.41) is 10.2. The van der Waals surface area contributed by atoms with Gasteiger partial charge < -0.3 is 9.84 Å². The van der Waals surface area contributed by atoms with Crippen molar-refractivity contribution in [3.8, 4) is 0 Å². The van der Waals surface area contributed by atoms with E-state index in [0.29, 0.717) is 5.92 Å². The quantitative estimate of drug-likeness (QED) is 0.830. The zero-order chi connectivity index (χ0) is 17.5. The van der Waals surface area contributed by atoms with E-state index < -0.39 is 0 Å². The summed E-state index contributed by atoms with van der Waals surface area (Å²) in [6.07, 6.45) is 5.03. The first-order valence-corrected chi connectivity index (χ1v) is 9.31. The maximum absolute atomic E-state index is 12.2. The Morgan fingerprint density at radius 1 is 1.46 bits per heavy atom. The molecule has 2 aliphatic rings. The summed E-state index contributed by atoms with van der Waals surface area (Å²) in [7, 11) is 1.49. The third kappa shape index (κ3) is 2.76. The molecule has 0 bridgehead atoms. The van der Waals surface area contributed by atoms with Crippen LogP contribution in [0.1, 0.15) is 62.1 Å². The molecule has 24 heavy (non-hydrogen) atoms. The van der Waals surface area contributed by atoms with Crippen molar-refractivity contribution in [1.82, 2.24) is 0 Å². The second-order valence-electron chi connectivity index (χ2n) is 7.70. The van der Waals surface area contributed by atoms with Gasteiger partial charge in [-0.25, -0.2) is 0 Å². The molecule has 2 aliphatic carbocycles. The standard InChI is InChI=1S/C20H27ClO3/c1-12(11-22)15-9-13-6-7-16-14(19(23)24-3)5-4-8-20(16,2)17(13)10-18(15)21/h9-10,12,14,16,22H,4-8,11H2,1-3H3. The number of ether oxygens (including phenoxy) is 1. The summed E-state index contributed by atoms with van der Waals surface area (Å²) < 4.78 is 5.07. The fourth-order valence-electron chi connectivity index (χ4n) is 4.97. The average Bonchev–Trinajstić information content (AvgIpc) is 2.59. The van der Waals surface area contributed by atoms with Crippen LogP contribution in [-0.4, -0.2) is 24.8 Å². The van der Waals surface area contributed by atoms with Crippen LogP contribution in [0, 0.1) is 11.8 Å². The largest absolute Gasteiger partial charge is 0.469 e. The first-order valence-electron chi connectivity index (χ1n) is 8.93. The molecule has 1 N–H and O–H groups in total. The van der Waals surface area contributed by atoms with E-state index in [1.807, 2.05) is 6.92 Å². The van der Waals surface area contributed by atoms with E-state index in [-0.39, 0.29) is 29.8 Å². The lowest BCUT2D eigenvalue weighted by molar-refractivity contribution is -0.150. The second-order valence-corrected chi connectivity index (χ2v) is 8.11. The third-order valence-corrected chi connectivity index (χ3v) is 6.71. The van der Waals surface area contributed by atoms with Crippen LogP contribution in [0.2, 0.25) is 5.02 Å². The van der Waals surface area contributed by atoms with E-state index >= 15 is 0 Å². The van der Waals surface area contributed by atoms with Crippen molar-refractivity contribution in [3.63, 3.8) is 0 Å². The van der Waals surface area contributed by atoms with Crippen molar-refractivity contribution in [1.29, 1.82) is 0 Å². The van der Waals surface area contributed by atoms with Gasteiger partial charge in [-0.15, -0.1) is 0 Å². The fraction of sp³-hybridized carbons (Fsp3) is 0.650. The van der Waals surface area contributed by atoms with Gasteiger partial charge in [-0.2, -0.15) is 0 Å². The van der Waals surface area contributed by atoms with Gasteiger partial charge in [0.15, 0.2) is 0 Å². The molecule has 3 rings (SSSR count). The minimum absolute atomic E-state index is 0.00304. The number of aliphatic hydroxyl groups is 1. The van der Waals surface area contributed by atoms with Gasteiger partial charge in [0.1, 0.15) is 0 Å². The molecule has 1 aromatic rings. The Balaban J connectivity index is 2.03. The number of methoxy groups -OCH3 is 1.